The molecular weight excluding hydrogens is 406 g/mol. The number of benzene rings is 2. The maximum Gasteiger partial charge on any atom is 0.240 e. The van der Waals surface area contributed by atoms with E-state index >= 15 is 0 Å². The normalized spacial score (nSPS) is 18.0. The van der Waals surface area contributed by atoms with Crippen LogP contribution in [0.5, 0.6) is 0 Å². The second kappa shape index (κ2) is 8.47. The molecule has 0 saturated carbocycles. The van der Waals surface area contributed by atoms with Crippen molar-refractivity contribution >= 4 is 35.0 Å². The van der Waals surface area contributed by atoms with Crippen LogP contribution in [0.4, 0.5) is 5.69 Å². The Balaban J connectivity index is 1.65. The van der Waals surface area contributed by atoms with E-state index in [1.54, 1.807) is 0 Å². The molecule has 0 radical (unpaired) electrons. The number of rotatable bonds is 5. The van der Waals surface area contributed by atoms with Gasteiger partial charge in [0.15, 0.2) is 5.82 Å². The summed E-state index contributed by atoms with van der Waals surface area (Å²) in [4.78, 5) is 13.2. The summed E-state index contributed by atoms with van der Waals surface area (Å²) in [5.41, 5.74) is 6.36. The number of hydrogen-bond donors (Lipinski definition) is 2. The summed E-state index contributed by atoms with van der Waals surface area (Å²) in [5.74, 6) is 0.781. The highest BCUT2D eigenvalue weighted by molar-refractivity contribution is 8.00. The number of fused-ring (bicyclic) bond motifs is 1. The van der Waals surface area contributed by atoms with Gasteiger partial charge in [-0.2, -0.15) is 0 Å². The molecule has 3 aromatic rings. The van der Waals surface area contributed by atoms with Gasteiger partial charge in [0, 0.05) is 17.1 Å². The summed E-state index contributed by atoms with van der Waals surface area (Å²) in [6, 6.07) is 15.1. The number of carbonyl (C=O) groups is 1. The molecule has 6 nitrogen and oxygen atoms in total. The van der Waals surface area contributed by atoms with Gasteiger partial charge in [0.2, 0.25) is 11.1 Å². The molecule has 2 atom stereocenters. The summed E-state index contributed by atoms with van der Waals surface area (Å²) in [5, 5.41) is 12.5. The maximum absolute atomic E-state index is 13.2. The first-order valence-corrected chi connectivity index (χ1v) is 10.8. The van der Waals surface area contributed by atoms with Gasteiger partial charge in [-0.05, 0) is 43.2 Å². The van der Waals surface area contributed by atoms with E-state index in [1.165, 1.54) is 11.8 Å². The summed E-state index contributed by atoms with van der Waals surface area (Å²) in [7, 11) is 0. The van der Waals surface area contributed by atoms with Gasteiger partial charge in [0.05, 0.1) is 6.04 Å². The third-order valence-electron chi connectivity index (χ3n) is 4.78. The predicted molar refractivity (Wildman–Crippen MR) is 117 cm³/mol. The van der Waals surface area contributed by atoms with Crippen molar-refractivity contribution in [1.29, 1.82) is 0 Å². The first kappa shape index (κ1) is 19.8. The highest BCUT2D eigenvalue weighted by atomic mass is 35.5. The number of anilines is 1. The van der Waals surface area contributed by atoms with Crippen molar-refractivity contribution in [3.63, 3.8) is 0 Å². The third kappa shape index (κ3) is 4.26. The standard InChI is InChI=1S/C21H22ClN5OS/c1-3-4-17-24-25-21-27(17)26-18(14-7-9-15(22)10-8-14)19(29-21)20(28)23-16-11-5-13(2)6-12-16/h5-12,18-19,26H,3-4H2,1-2H3,(H,23,28)/t18-,19-/m0/s1. The van der Waals surface area contributed by atoms with Crippen molar-refractivity contribution in [2.75, 3.05) is 10.7 Å². The Morgan fingerprint density at radius 2 is 1.90 bits per heavy atom. The minimum absolute atomic E-state index is 0.0856. The van der Waals surface area contributed by atoms with Crippen molar-refractivity contribution in [1.82, 2.24) is 14.9 Å². The minimum atomic E-state index is -0.413. The van der Waals surface area contributed by atoms with Crippen molar-refractivity contribution in [3.8, 4) is 0 Å². The number of nitrogens with one attached hydrogen (secondary N) is 2. The lowest BCUT2D eigenvalue weighted by Gasteiger charge is -2.33. The first-order valence-electron chi connectivity index (χ1n) is 9.55. The fourth-order valence-electron chi connectivity index (χ4n) is 3.25. The lowest BCUT2D eigenvalue weighted by Crippen LogP contribution is -2.41. The zero-order valence-electron chi connectivity index (χ0n) is 16.2. The molecule has 1 aliphatic heterocycles. The van der Waals surface area contributed by atoms with Crippen LogP contribution in [0, 0.1) is 6.92 Å². The molecule has 4 rings (SSSR count). The molecule has 2 N–H and O–H groups in total. The summed E-state index contributed by atoms with van der Waals surface area (Å²) in [6.45, 7) is 4.12. The number of halogens is 1. The Morgan fingerprint density at radius 1 is 1.17 bits per heavy atom. The number of thioether (sulfide) groups is 1. The van der Waals surface area contributed by atoms with E-state index in [0.29, 0.717) is 10.2 Å². The molecule has 1 aliphatic rings. The second-order valence-electron chi connectivity index (χ2n) is 7.04. The Bertz CT molecular complexity index is 1000. The van der Waals surface area contributed by atoms with E-state index in [0.717, 1.165) is 35.5 Å². The number of carbonyl (C=O) groups excluding carboxylic acids is 1. The number of nitrogens with zero attached hydrogens (tertiary/aromatic N) is 3. The molecule has 0 spiro atoms. The molecule has 2 heterocycles. The van der Waals surface area contributed by atoms with Crippen LogP contribution in [-0.2, 0) is 11.2 Å². The monoisotopic (exact) mass is 427 g/mol. The second-order valence-corrected chi connectivity index (χ2v) is 8.58. The van der Waals surface area contributed by atoms with E-state index in [1.807, 2.05) is 60.1 Å². The molecule has 0 aliphatic carbocycles. The Hall–Kier alpha value is -2.51. The summed E-state index contributed by atoms with van der Waals surface area (Å²) >= 11 is 7.49. The average Bonchev–Trinajstić information content (AvgIpc) is 3.11. The van der Waals surface area contributed by atoms with Gasteiger partial charge in [-0.25, -0.2) is 4.68 Å². The van der Waals surface area contributed by atoms with Gasteiger partial charge in [-0.15, -0.1) is 10.2 Å². The largest absolute Gasteiger partial charge is 0.325 e. The van der Waals surface area contributed by atoms with E-state index in [9.17, 15) is 4.79 Å². The van der Waals surface area contributed by atoms with Crippen molar-refractivity contribution in [2.45, 2.75) is 43.1 Å². The highest BCUT2D eigenvalue weighted by Gasteiger charge is 2.37. The van der Waals surface area contributed by atoms with Crippen LogP contribution >= 0.6 is 23.4 Å². The first-order chi connectivity index (χ1) is 14.0. The fourth-order valence-corrected chi connectivity index (χ4v) is 4.48. The smallest absolute Gasteiger partial charge is 0.240 e. The van der Waals surface area contributed by atoms with Gasteiger partial charge in [0.25, 0.3) is 0 Å². The molecule has 0 bridgehead atoms. The SMILES string of the molecule is CCCc1nnc2n1N[C@@H](c1ccc(Cl)cc1)[C@@H](C(=O)Nc1ccc(C)cc1)S2. The van der Waals surface area contributed by atoms with Gasteiger partial charge < -0.3 is 10.7 Å². The Labute approximate surface area is 179 Å². The van der Waals surface area contributed by atoms with Crippen molar-refractivity contribution in [2.24, 2.45) is 0 Å². The quantitative estimate of drug-likeness (QED) is 0.623. The molecule has 0 saturated heterocycles. The lowest BCUT2D eigenvalue weighted by atomic mass is 10.0. The van der Waals surface area contributed by atoms with E-state index in [2.05, 4.69) is 27.9 Å². The number of aromatic nitrogens is 3. The molecule has 1 amide bonds. The van der Waals surface area contributed by atoms with Crippen LogP contribution in [0.2, 0.25) is 5.02 Å². The molecule has 150 valence electrons. The molecule has 1 aromatic heterocycles. The molecular formula is C21H22ClN5OS. The van der Waals surface area contributed by atoms with Crippen LogP contribution in [0.15, 0.2) is 53.7 Å². The summed E-state index contributed by atoms with van der Waals surface area (Å²) < 4.78 is 1.91. The van der Waals surface area contributed by atoms with Gasteiger partial charge in [-0.1, -0.05) is 60.1 Å². The van der Waals surface area contributed by atoms with E-state index < -0.39 is 5.25 Å². The molecule has 29 heavy (non-hydrogen) atoms. The number of amides is 1. The number of aryl methyl sites for hydroxylation is 2. The zero-order chi connectivity index (χ0) is 20.4. The Kier molecular flexibility index (Phi) is 5.78. The van der Waals surface area contributed by atoms with E-state index in [-0.39, 0.29) is 11.9 Å². The molecule has 8 heteroatoms. The Morgan fingerprint density at radius 3 is 2.59 bits per heavy atom. The molecule has 0 fully saturated rings. The van der Waals surface area contributed by atoms with Crippen molar-refractivity contribution < 1.29 is 4.79 Å². The lowest BCUT2D eigenvalue weighted by molar-refractivity contribution is -0.116. The summed E-state index contributed by atoms with van der Waals surface area (Å²) in [6.07, 6.45) is 1.78. The maximum atomic E-state index is 13.2. The minimum Gasteiger partial charge on any atom is -0.325 e. The molecule has 0 unspecified atom stereocenters. The zero-order valence-corrected chi connectivity index (χ0v) is 17.8. The fraction of sp³-hybridized carbons (Fsp3) is 0.286. The van der Waals surface area contributed by atoms with Gasteiger partial charge in [-0.3, -0.25) is 4.79 Å². The van der Waals surface area contributed by atoms with Crippen LogP contribution in [0.25, 0.3) is 0 Å². The van der Waals surface area contributed by atoms with E-state index in [4.69, 9.17) is 11.6 Å². The topological polar surface area (TPSA) is 71.8 Å². The number of hydrogen-bond acceptors (Lipinski definition) is 5. The van der Waals surface area contributed by atoms with Gasteiger partial charge in [0.1, 0.15) is 5.25 Å². The highest BCUT2D eigenvalue weighted by Crippen LogP contribution is 2.38. The van der Waals surface area contributed by atoms with Crippen molar-refractivity contribution in [3.05, 3.63) is 70.5 Å². The average molecular weight is 428 g/mol. The third-order valence-corrected chi connectivity index (χ3v) is 6.25. The van der Waals surface area contributed by atoms with Crippen LogP contribution < -0.4 is 10.7 Å². The van der Waals surface area contributed by atoms with Crippen LogP contribution in [-0.4, -0.2) is 26.0 Å². The van der Waals surface area contributed by atoms with Crippen LogP contribution in [0.3, 0.4) is 0 Å². The predicted octanol–water partition coefficient (Wildman–Crippen LogP) is 4.59. The van der Waals surface area contributed by atoms with Crippen LogP contribution in [0.1, 0.15) is 36.3 Å². The van der Waals surface area contributed by atoms with Gasteiger partial charge >= 0.3 is 0 Å². The molecule has 2 aromatic carbocycles.